The summed E-state index contributed by atoms with van der Waals surface area (Å²) in [4.78, 5) is 14.1. The molecule has 2 rings (SSSR count). The van der Waals surface area contributed by atoms with E-state index in [2.05, 4.69) is 0 Å². The summed E-state index contributed by atoms with van der Waals surface area (Å²) in [6.45, 7) is 4.54. The third kappa shape index (κ3) is 1.78. The van der Waals surface area contributed by atoms with Crippen molar-refractivity contribution in [2.24, 2.45) is 0 Å². The fraction of sp³-hybridized carbons (Fsp3) is 0.909. The van der Waals surface area contributed by atoms with Gasteiger partial charge in [-0.3, -0.25) is 4.79 Å². The van der Waals surface area contributed by atoms with E-state index in [1.165, 1.54) is 6.42 Å². The van der Waals surface area contributed by atoms with Crippen LogP contribution in [0.4, 0.5) is 0 Å². The van der Waals surface area contributed by atoms with Crippen molar-refractivity contribution in [3.05, 3.63) is 0 Å². The number of likely N-dealkylation sites (tertiary alicyclic amines) is 1. The van der Waals surface area contributed by atoms with Crippen LogP contribution in [-0.4, -0.2) is 36.1 Å². The number of carbonyl (C=O) groups excluding carboxylic acids is 1. The Hall–Kier alpha value is -0.570. The van der Waals surface area contributed by atoms with Crippen LogP contribution >= 0.6 is 0 Å². The van der Waals surface area contributed by atoms with Crippen molar-refractivity contribution in [2.45, 2.75) is 44.6 Å². The molecule has 1 atom stereocenters. The molecule has 0 aromatic heterocycles. The normalized spacial score (nSPS) is 33.4. The van der Waals surface area contributed by atoms with Gasteiger partial charge in [0.1, 0.15) is 5.60 Å². The van der Waals surface area contributed by atoms with Crippen molar-refractivity contribution in [1.29, 1.82) is 0 Å². The van der Waals surface area contributed by atoms with Gasteiger partial charge in [-0.2, -0.15) is 0 Å². The first-order valence-corrected chi connectivity index (χ1v) is 5.66. The summed E-state index contributed by atoms with van der Waals surface area (Å²) in [5.41, 5.74) is -0.503. The van der Waals surface area contributed by atoms with Gasteiger partial charge in [0.05, 0.1) is 0 Å². The Morgan fingerprint density at radius 1 is 1.21 bits per heavy atom. The molecule has 2 aliphatic heterocycles. The van der Waals surface area contributed by atoms with Gasteiger partial charge in [0.25, 0.3) is 5.91 Å². The summed E-state index contributed by atoms with van der Waals surface area (Å²) in [5.74, 6) is 0.217. The molecule has 0 bridgehead atoms. The van der Waals surface area contributed by atoms with Crippen LogP contribution in [0.15, 0.2) is 0 Å². The molecule has 0 saturated carbocycles. The van der Waals surface area contributed by atoms with Crippen molar-refractivity contribution in [3.63, 3.8) is 0 Å². The lowest BCUT2D eigenvalue weighted by atomic mass is 9.99. The van der Waals surface area contributed by atoms with Crippen LogP contribution in [-0.2, 0) is 9.53 Å². The monoisotopic (exact) mass is 197 g/mol. The Morgan fingerprint density at radius 3 is 2.50 bits per heavy atom. The number of carbonyl (C=O) groups is 1. The highest BCUT2D eigenvalue weighted by Crippen LogP contribution is 2.28. The Morgan fingerprint density at radius 2 is 1.93 bits per heavy atom. The largest absolute Gasteiger partial charge is 0.365 e. The lowest BCUT2D eigenvalue weighted by Crippen LogP contribution is -2.48. The van der Waals surface area contributed by atoms with E-state index >= 15 is 0 Å². The second-order valence-corrected chi connectivity index (χ2v) is 4.54. The van der Waals surface area contributed by atoms with E-state index < -0.39 is 5.60 Å². The molecule has 2 fully saturated rings. The lowest BCUT2D eigenvalue weighted by molar-refractivity contribution is -0.151. The van der Waals surface area contributed by atoms with E-state index in [0.717, 1.165) is 45.4 Å². The highest BCUT2D eigenvalue weighted by molar-refractivity contribution is 5.85. The van der Waals surface area contributed by atoms with Gasteiger partial charge in [-0.15, -0.1) is 0 Å². The highest BCUT2D eigenvalue weighted by Gasteiger charge is 2.40. The Balaban J connectivity index is 1.98. The predicted molar refractivity (Wildman–Crippen MR) is 54.0 cm³/mol. The molecule has 2 heterocycles. The molecule has 0 aromatic carbocycles. The summed E-state index contributed by atoms with van der Waals surface area (Å²) in [6, 6.07) is 0. The van der Waals surface area contributed by atoms with Crippen LogP contribution in [0.1, 0.15) is 39.0 Å². The molecule has 2 aliphatic rings. The van der Waals surface area contributed by atoms with Gasteiger partial charge in [0.15, 0.2) is 0 Å². The average molecular weight is 197 g/mol. The van der Waals surface area contributed by atoms with Crippen molar-refractivity contribution in [1.82, 2.24) is 4.90 Å². The maximum atomic E-state index is 12.1. The topological polar surface area (TPSA) is 29.5 Å². The molecule has 0 aromatic rings. The average Bonchev–Trinajstić information content (AvgIpc) is 2.67. The molecule has 3 heteroatoms. The molecule has 14 heavy (non-hydrogen) atoms. The van der Waals surface area contributed by atoms with Gasteiger partial charge in [-0.25, -0.2) is 0 Å². The van der Waals surface area contributed by atoms with Crippen LogP contribution < -0.4 is 0 Å². The SMILES string of the molecule is CC1(C(=O)N2CCCCC2)CCCO1. The maximum absolute atomic E-state index is 12.1. The van der Waals surface area contributed by atoms with Crippen molar-refractivity contribution in [3.8, 4) is 0 Å². The minimum Gasteiger partial charge on any atom is -0.365 e. The first-order valence-electron chi connectivity index (χ1n) is 5.66. The first-order chi connectivity index (χ1) is 6.72. The lowest BCUT2D eigenvalue weighted by Gasteiger charge is -2.33. The molecule has 0 radical (unpaired) electrons. The molecular weight excluding hydrogens is 178 g/mol. The smallest absolute Gasteiger partial charge is 0.254 e. The first kappa shape index (κ1) is 9.97. The third-order valence-corrected chi connectivity index (χ3v) is 3.31. The highest BCUT2D eigenvalue weighted by atomic mass is 16.5. The number of amides is 1. The van der Waals surface area contributed by atoms with Crippen LogP contribution in [0.5, 0.6) is 0 Å². The second-order valence-electron chi connectivity index (χ2n) is 4.54. The summed E-state index contributed by atoms with van der Waals surface area (Å²) in [7, 11) is 0. The fourth-order valence-corrected chi connectivity index (χ4v) is 2.38. The van der Waals surface area contributed by atoms with Gasteiger partial charge in [-0.1, -0.05) is 0 Å². The summed E-state index contributed by atoms with van der Waals surface area (Å²) in [6.07, 6.45) is 5.49. The third-order valence-electron chi connectivity index (χ3n) is 3.31. The molecule has 0 N–H and O–H groups in total. The summed E-state index contributed by atoms with van der Waals surface area (Å²) < 4.78 is 5.56. The van der Waals surface area contributed by atoms with E-state index in [9.17, 15) is 4.79 Å². The second kappa shape index (κ2) is 3.89. The van der Waals surface area contributed by atoms with E-state index in [1.54, 1.807) is 0 Å². The summed E-state index contributed by atoms with van der Waals surface area (Å²) >= 11 is 0. The molecular formula is C11H19NO2. The number of piperidine rings is 1. The number of ether oxygens (including phenoxy) is 1. The van der Waals surface area contributed by atoms with Gasteiger partial charge in [0, 0.05) is 19.7 Å². The van der Waals surface area contributed by atoms with Crippen LogP contribution in [0.3, 0.4) is 0 Å². The standard InChI is InChI=1S/C11H19NO2/c1-11(6-5-9-14-11)10(13)12-7-3-2-4-8-12/h2-9H2,1H3. The van der Waals surface area contributed by atoms with Gasteiger partial charge >= 0.3 is 0 Å². The molecule has 2 saturated heterocycles. The molecule has 0 spiro atoms. The molecule has 80 valence electrons. The van der Waals surface area contributed by atoms with Gasteiger partial charge < -0.3 is 9.64 Å². The van der Waals surface area contributed by atoms with Crippen molar-refractivity contribution >= 4 is 5.91 Å². The van der Waals surface area contributed by atoms with E-state index in [4.69, 9.17) is 4.74 Å². The van der Waals surface area contributed by atoms with Crippen molar-refractivity contribution < 1.29 is 9.53 Å². The number of nitrogens with zero attached hydrogens (tertiary/aromatic N) is 1. The maximum Gasteiger partial charge on any atom is 0.254 e. The Labute approximate surface area is 85.4 Å². The Bertz CT molecular complexity index is 215. The quantitative estimate of drug-likeness (QED) is 0.638. The predicted octanol–water partition coefficient (Wildman–Crippen LogP) is 1.57. The molecule has 1 amide bonds. The van der Waals surface area contributed by atoms with Crippen LogP contribution in [0.2, 0.25) is 0 Å². The molecule has 1 unspecified atom stereocenters. The zero-order valence-electron chi connectivity index (χ0n) is 8.92. The fourth-order valence-electron chi connectivity index (χ4n) is 2.38. The van der Waals surface area contributed by atoms with Crippen LogP contribution in [0, 0.1) is 0 Å². The van der Waals surface area contributed by atoms with Gasteiger partial charge in [0.2, 0.25) is 0 Å². The minimum atomic E-state index is -0.503. The number of hydrogen-bond donors (Lipinski definition) is 0. The zero-order chi connectivity index (χ0) is 10.0. The number of rotatable bonds is 1. The Kier molecular flexibility index (Phi) is 2.77. The van der Waals surface area contributed by atoms with E-state index in [-0.39, 0.29) is 5.91 Å². The van der Waals surface area contributed by atoms with E-state index in [1.807, 2.05) is 11.8 Å². The van der Waals surface area contributed by atoms with E-state index in [0.29, 0.717) is 0 Å². The zero-order valence-corrected chi connectivity index (χ0v) is 8.92. The number of hydrogen-bond acceptors (Lipinski definition) is 2. The van der Waals surface area contributed by atoms with Crippen LogP contribution in [0.25, 0.3) is 0 Å². The van der Waals surface area contributed by atoms with Crippen molar-refractivity contribution in [2.75, 3.05) is 19.7 Å². The van der Waals surface area contributed by atoms with Gasteiger partial charge in [-0.05, 0) is 39.0 Å². The summed E-state index contributed by atoms with van der Waals surface area (Å²) in [5, 5.41) is 0. The minimum absolute atomic E-state index is 0.217. The molecule has 3 nitrogen and oxygen atoms in total. The molecule has 0 aliphatic carbocycles.